The fourth-order valence-electron chi connectivity index (χ4n) is 0.554. The molecule has 0 aromatic carbocycles. The highest BCUT2D eigenvalue weighted by molar-refractivity contribution is 7.35. The van der Waals surface area contributed by atoms with Gasteiger partial charge < -0.3 is 5.73 Å². The molecule has 0 fully saturated rings. The molecule has 0 rings (SSSR count). The Kier molecular flexibility index (Phi) is 4.81. The highest BCUT2D eigenvalue weighted by Gasteiger charge is 2.33. The van der Waals surface area contributed by atoms with Crippen LogP contribution in [-0.2, 0) is 4.79 Å². The third-order valence-electron chi connectivity index (χ3n) is 1.61. The molecule has 2 nitrogen and oxygen atoms in total. The zero-order valence-electron chi connectivity index (χ0n) is 6.73. The number of hydrogen-bond donors (Lipinski definition) is 1. The molecule has 0 aromatic rings. The molecule has 1 amide bonds. The molecule has 0 saturated heterocycles. The van der Waals surface area contributed by atoms with Gasteiger partial charge in [-0.2, -0.15) is 0 Å². The van der Waals surface area contributed by atoms with Crippen molar-refractivity contribution < 1.29 is 4.79 Å². The molecule has 0 spiro atoms. The van der Waals surface area contributed by atoms with Gasteiger partial charge in [-0.05, 0) is 10.7 Å². The topological polar surface area (TPSA) is 43.1 Å². The van der Waals surface area contributed by atoms with Crippen LogP contribution in [0.15, 0.2) is 0 Å². The van der Waals surface area contributed by atoms with Crippen LogP contribution in [0.1, 0.15) is 26.7 Å². The Hall–Kier alpha value is 0.582. The molecule has 0 aromatic heterocycles. The predicted octanol–water partition coefficient (Wildman–Crippen LogP) is 2.00. The van der Waals surface area contributed by atoms with E-state index < -0.39 is 12.3 Å². The van der Waals surface area contributed by atoms with Crippen LogP contribution < -0.4 is 5.73 Å². The van der Waals surface area contributed by atoms with Crippen LogP contribution in [0.25, 0.3) is 0 Å². The van der Waals surface area contributed by atoms with E-state index in [4.69, 9.17) is 25.8 Å². The molecule has 64 valence electrons. The first-order valence-corrected chi connectivity index (χ1v) is 7.49. The fraction of sp³-hybridized carbons (Fsp3) is 0.833. The SMILES string of the molecule is C[C](C)(CCC(N)=O)[Al]([Cl])[Cl]. The Morgan fingerprint density at radius 2 is 2.00 bits per heavy atom. The number of carbonyl (C=O) groups excluding carboxylic acids is 1. The molecule has 0 radical (unpaired) electrons. The van der Waals surface area contributed by atoms with Gasteiger partial charge in [0, 0.05) is 6.42 Å². The van der Waals surface area contributed by atoms with E-state index in [-0.39, 0.29) is 10.2 Å². The quantitative estimate of drug-likeness (QED) is 0.711. The molecule has 0 saturated carbocycles. The summed E-state index contributed by atoms with van der Waals surface area (Å²) in [7, 11) is 11.6. The minimum atomic E-state index is -1.70. The zero-order valence-corrected chi connectivity index (χ0v) is 9.40. The molecule has 0 aliphatic rings. The van der Waals surface area contributed by atoms with Crippen LogP contribution in [0, 0.1) is 0 Å². The van der Waals surface area contributed by atoms with Gasteiger partial charge in [-0.15, -0.1) is 0 Å². The zero-order chi connectivity index (χ0) is 9.07. The van der Waals surface area contributed by atoms with Gasteiger partial charge in [0.2, 0.25) is 5.91 Å². The minimum Gasteiger partial charge on any atom is -0.370 e. The average Bonchev–Trinajstić information content (AvgIpc) is 1.84. The number of carbonyl (C=O) groups is 1. The second kappa shape index (κ2) is 4.57. The molecule has 0 aliphatic heterocycles. The molecular weight excluding hydrogens is 200 g/mol. The van der Waals surface area contributed by atoms with Gasteiger partial charge in [0.25, 0.3) is 0 Å². The second-order valence-electron chi connectivity index (χ2n) is 3.26. The van der Waals surface area contributed by atoms with Crippen LogP contribution in [0.5, 0.6) is 0 Å². The Bertz CT molecular complexity index is 150. The Morgan fingerprint density at radius 3 is 2.27 bits per heavy atom. The molecule has 0 atom stereocenters. The van der Waals surface area contributed by atoms with Crippen molar-refractivity contribution in [1.82, 2.24) is 0 Å². The summed E-state index contributed by atoms with van der Waals surface area (Å²) < 4.78 is -0.0991. The monoisotopic (exact) mass is 211 g/mol. The summed E-state index contributed by atoms with van der Waals surface area (Å²) in [4.78, 5) is 10.4. The number of rotatable bonds is 4. The number of amides is 1. The lowest BCUT2D eigenvalue weighted by Crippen LogP contribution is -2.20. The molecule has 0 aliphatic carbocycles. The maximum Gasteiger partial charge on any atom is 0.525 e. The van der Waals surface area contributed by atoms with Gasteiger partial charge in [0.1, 0.15) is 0 Å². The van der Waals surface area contributed by atoms with E-state index in [1.165, 1.54) is 0 Å². The van der Waals surface area contributed by atoms with Crippen molar-refractivity contribution in [2.45, 2.75) is 31.0 Å². The normalized spacial score (nSPS) is 11.3. The molecule has 0 bridgehead atoms. The van der Waals surface area contributed by atoms with Crippen molar-refractivity contribution >= 4 is 38.3 Å². The Labute approximate surface area is 79.8 Å². The van der Waals surface area contributed by atoms with Crippen molar-refractivity contribution in [3.05, 3.63) is 0 Å². The van der Waals surface area contributed by atoms with Gasteiger partial charge in [-0.25, -0.2) is 20.1 Å². The van der Waals surface area contributed by atoms with Crippen molar-refractivity contribution in [1.29, 1.82) is 0 Å². The van der Waals surface area contributed by atoms with E-state index in [9.17, 15) is 4.79 Å². The van der Waals surface area contributed by atoms with Crippen LogP contribution in [-0.4, -0.2) is 18.2 Å². The van der Waals surface area contributed by atoms with E-state index in [0.29, 0.717) is 12.8 Å². The average molecular weight is 212 g/mol. The molecule has 2 N–H and O–H groups in total. The standard InChI is InChI=1S/C6H12NO.Al.2ClH/c1-5(2)3-4-6(7)8;;;/h3-4H2,1-2H3,(H2,7,8);;2*1H/q;+2;;/p-2. The van der Waals surface area contributed by atoms with E-state index in [1.807, 2.05) is 13.8 Å². The highest BCUT2D eigenvalue weighted by atomic mass is 35.7. The fourth-order valence-corrected chi connectivity index (χ4v) is 1.57. The molecule has 11 heavy (non-hydrogen) atoms. The number of primary amides is 1. The van der Waals surface area contributed by atoms with Gasteiger partial charge in [0.15, 0.2) is 0 Å². The van der Waals surface area contributed by atoms with Crippen LogP contribution in [0.3, 0.4) is 0 Å². The summed E-state index contributed by atoms with van der Waals surface area (Å²) in [5.74, 6) is -0.291. The summed E-state index contributed by atoms with van der Waals surface area (Å²) >= 11 is -1.70. The van der Waals surface area contributed by atoms with Crippen molar-refractivity contribution in [3.8, 4) is 0 Å². The first-order chi connectivity index (χ1) is 4.86. The number of hydrogen-bond acceptors (Lipinski definition) is 1. The largest absolute Gasteiger partial charge is 0.525 e. The lowest BCUT2D eigenvalue weighted by atomic mass is 10.1. The van der Waals surface area contributed by atoms with Gasteiger partial charge in [-0.1, -0.05) is 13.8 Å². The Morgan fingerprint density at radius 1 is 1.55 bits per heavy atom. The number of halogens is 2. The maximum absolute atomic E-state index is 10.4. The van der Waals surface area contributed by atoms with E-state index >= 15 is 0 Å². The lowest BCUT2D eigenvalue weighted by Gasteiger charge is -2.21. The highest BCUT2D eigenvalue weighted by Crippen LogP contribution is 2.37. The predicted molar refractivity (Wildman–Crippen MR) is 49.9 cm³/mol. The summed E-state index contributed by atoms with van der Waals surface area (Å²) in [6.07, 6.45) is 1.06. The van der Waals surface area contributed by atoms with Crippen molar-refractivity contribution in [2.75, 3.05) is 0 Å². The molecular formula is C6H12AlCl2NO. The maximum atomic E-state index is 10.4. The first kappa shape index (κ1) is 11.6. The van der Waals surface area contributed by atoms with Crippen LogP contribution in [0.4, 0.5) is 0 Å². The summed E-state index contributed by atoms with van der Waals surface area (Å²) in [6.45, 7) is 3.93. The summed E-state index contributed by atoms with van der Waals surface area (Å²) in [5.41, 5.74) is 4.99. The third kappa shape index (κ3) is 4.92. The second-order valence-corrected chi connectivity index (χ2v) is 8.71. The summed E-state index contributed by atoms with van der Waals surface area (Å²) in [5, 5.41) is 0. The smallest absolute Gasteiger partial charge is 0.370 e. The number of nitrogens with two attached hydrogens (primary N) is 1. The van der Waals surface area contributed by atoms with Gasteiger partial charge in [0.05, 0.1) is 0 Å². The molecule has 5 heteroatoms. The van der Waals surface area contributed by atoms with Crippen LogP contribution in [0.2, 0.25) is 4.28 Å². The third-order valence-corrected chi connectivity index (χ3v) is 6.62. The van der Waals surface area contributed by atoms with Gasteiger partial charge in [-0.3, -0.25) is 4.79 Å². The van der Waals surface area contributed by atoms with E-state index in [2.05, 4.69) is 0 Å². The van der Waals surface area contributed by atoms with Crippen molar-refractivity contribution in [3.63, 3.8) is 0 Å². The lowest BCUT2D eigenvalue weighted by molar-refractivity contribution is -0.118. The first-order valence-electron chi connectivity index (χ1n) is 3.43. The van der Waals surface area contributed by atoms with Crippen molar-refractivity contribution in [2.24, 2.45) is 5.73 Å². The minimum absolute atomic E-state index is 0.0991. The van der Waals surface area contributed by atoms with Gasteiger partial charge >= 0.3 is 12.3 Å². The Balaban J connectivity index is 3.82. The van der Waals surface area contributed by atoms with E-state index in [0.717, 1.165) is 0 Å². The van der Waals surface area contributed by atoms with Crippen LogP contribution >= 0.6 is 20.1 Å². The van der Waals surface area contributed by atoms with E-state index in [1.54, 1.807) is 0 Å². The summed E-state index contributed by atoms with van der Waals surface area (Å²) in [6, 6.07) is 0. The molecule has 0 unspecified atom stereocenters. The molecule has 0 heterocycles.